The summed E-state index contributed by atoms with van der Waals surface area (Å²) in [5, 5.41) is 4.64. The van der Waals surface area contributed by atoms with E-state index in [2.05, 4.69) is 10.3 Å². The minimum absolute atomic E-state index is 0.0156. The van der Waals surface area contributed by atoms with Crippen molar-refractivity contribution in [1.82, 2.24) is 14.7 Å². The SMILES string of the molecule is COc1cccc(-c2csc3ncc(C(=O)NC[C@@H]4CCCO4)c(=O)n23)c1. The first kappa shape index (κ1) is 17.7. The van der Waals surface area contributed by atoms with E-state index in [-0.39, 0.29) is 17.2 Å². The van der Waals surface area contributed by atoms with Crippen molar-refractivity contribution >= 4 is 22.2 Å². The van der Waals surface area contributed by atoms with Crippen LogP contribution in [0, 0.1) is 0 Å². The fourth-order valence-corrected chi connectivity index (χ4v) is 4.00. The maximum Gasteiger partial charge on any atom is 0.271 e. The summed E-state index contributed by atoms with van der Waals surface area (Å²) in [7, 11) is 1.59. The molecule has 1 aliphatic heterocycles. The van der Waals surface area contributed by atoms with Crippen LogP contribution in [0.25, 0.3) is 16.2 Å². The van der Waals surface area contributed by atoms with Gasteiger partial charge in [0.05, 0.1) is 18.9 Å². The van der Waals surface area contributed by atoms with E-state index in [0.29, 0.717) is 22.9 Å². The number of ether oxygens (including phenoxy) is 2. The summed E-state index contributed by atoms with van der Waals surface area (Å²) >= 11 is 1.35. The van der Waals surface area contributed by atoms with E-state index in [1.807, 2.05) is 29.6 Å². The highest BCUT2D eigenvalue weighted by Crippen LogP contribution is 2.26. The largest absolute Gasteiger partial charge is 0.497 e. The number of methoxy groups -OCH3 is 1. The van der Waals surface area contributed by atoms with E-state index >= 15 is 0 Å². The van der Waals surface area contributed by atoms with E-state index in [1.165, 1.54) is 21.9 Å². The molecular weight excluding hydrogens is 366 g/mol. The van der Waals surface area contributed by atoms with Gasteiger partial charge in [-0.2, -0.15) is 0 Å². The van der Waals surface area contributed by atoms with E-state index in [1.54, 1.807) is 7.11 Å². The Morgan fingerprint density at radius 1 is 1.48 bits per heavy atom. The second kappa shape index (κ2) is 7.50. The summed E-state index contributed by atoms with van der Waals surface area (Å²) in [6.07, 6.45) is 3.27. The summed E-state index contributed by atoms with van der Waals surface area (Å²) in [6, 6.07) is 7.43. The van der Waals surface area contributed by atoms with Crippen LogP contribution in [0.2, 0.25) is 0 Å². The Labute approximate surface area is 159 Å². The predicted octanol–water partition coefficient (Wildman–Crippen LogP) is 2.34. The van der Waals surface area contributed by atoms with Gasteiger partial charge < -0.3 is 14.8 Å². The molecule has 3 heterocycles. The molecule has 1 fully saturated rings. The Balaban J connectivity index is 1.68. The Morgan fingerprint density at radius 3 is 3.15 bits per heavy atom. The minimum atomic E-state index is -0.430. The van der Waals surface area contributed by atoms with Gasteiger partial charge in [0.1, 0.15) is 11.3 Å². The maximum absolute atomic E-state index is 13.0. The first-order valence-electron chi connectivity index (χ1n) is 8.71. The summed E-state index contributed by atoms with van der Waals surface area (Å²) in [5.41, 5.74) is 1.14. The first-order chi connectivity index (χ1) is 13.2. The smallest absolute Gasteiger partial charge is 0.271 e. The summed E-state index contributed by atoms with van der Waals surface area (Å²) < 4.78 is 12.2. The molecule has 0 radical (unpaired) electrons. The van der Waals surface area contributed by atoms with Gasteiger partial charge in [-0.15, -0.1) is 11.3 Å². The van der Waals surface area contributed by atoms with Crippen molar-refractivity contribution < 1.29 is 14.3 Å². The lowest BCUT2D eigenvalue weighted by atomic mass is 10.1. The molecule has 0 unspecified atom stereocenters. The van der Waals surface area contributed by atoms with Crippen LogP contribution < -0.4 is 15.6 Å². The van der Waals surface area contributed by atoms with Gasteiger partial charge in [0.2, 0.25) is 0 Å². The molecular formula is C19H19N3O4S. The number of carbonyl (C=O) groups excluding carboxylic acids is 1. The third-order valence-electron chi connectivity index (χ3n) is 4.57. The normalized spacial score (nSPS) is 16.6. The molecule has 1 amide bonds. The van der Waals surface area contributed by atoms with Crippen LogP contribution in [-0.4, -0.2) is 41.7 Å². The topological polar surface area (TPSA) is 81.9 Å². The highest BCUT2D eigenvalue weighted by atomic mass is 32.1. The van der Waals surface area contributed by atoms with Crippen LogP contribution >= 0.6 is 11.3 Å². The standard InChI is InChI=1S/C19H19N3O4S/c1-25-13-5-2-4-12(8-13)16-11-27-19-21-10-15(18(24)22(16)19)17(23)20-9-14-6-3-7-26-14/h2,4-5,8,10-11,14H,3,6-7,9H2,1H3,(H,20,23)/t14-/m0/s1. The average molecular weight is 385 g/mol. The van der Waals surface area contributed by atoms with Crippen LogP contribution in [0.4, 0.5) is 0 Å². The van der Waals surface area contributed by atoms with E-state index in [0.717, 1.165) is 25.0 Å². The van der Waals surface area contributed by atoms with Crippen molar-refractivity contribution in [2.24, 2.45) is 0 Å². The molecule has 4 rings (SSSR count). The number of aromatic nitrogens is 2. The lowest BCUT2D eigenvalue weighted by Gasteiger charge is -2.10. The van der Waals surface area contributed by atoms with Crippen molar-refractivity contribution in [3.05, 3.63) is 51.8 Å². The quantitative estimate of drug-likeness (QED) is 0.729. The van der Waals surface area contributed by atoms with Crippen molar-refractivity contribution in [3.8, 4) is 17.0 Å². The van der Waals surface area contributed by atoms with Crippen LogP contribution in [0.3, 0.4) is 0 Å². The molecule has 0 spiro atoms. The molecule has 1 aliphatic rings. The predicted molar refractivity (Wildman–Crippen MR) is 103 cm³/mol. The number of fused-ring (bicyclic) bond motifs is 1. The number of carbonyl (C=O) groups is 1. The molecule has 0 bridgehead atoms. The number of amides is 1. The molecule has 1 aromatic carbocycles. The van der Waals surface area contributed by atoms with E-state index in [9.17, 15) is 9.59 Å². The Bertz CT molecular complexity index is 1040. The van der Waals surface area contributed by atoms with Gasteiger partial charge >= 0.3 is 0 Å². The monoisotopic (exact) mass is 385 g/mol. The molecule has 3 aromatic rings. The molecule has 2 aromatic heterocycles. The van der Waals surface area contributed by atoms with Crippen molar-refractivity contribution in [1.29, 1.82) is 0 Å². The summed E-state index contributed by atoms with van der Waals surface area (Å²) in [4.78, 5) is 30.3. The number of benzene rings is 1. The third kappa shape index (κ3) is 3.45. The molecule has 1 saturated heterocycles. The molecule has 8 heteroatoms. The van der Waals surface area contributed by atoms with Gasteiger partial charge in [-0.1, -0.05) is 12.1 Å². The fourth-order valence-electron chi connectivity index (χ4n) is 3.14. The number of hydrogen-bond acceptors (Lipinski definition) is 6. The second-order valence-corrected chi connectivity index (χ2v) is 7.13. The summed E-state index contributed by atoms with van der Waals surface area (Å²) in [5.74, 6) is 0.263. The first-order valence-corrected chi connectivity index (χ1v) is 9.59. The second-order valence-electron chi connectivity index (χ2n) is 6.29. The van der Waals surface area contributed by atoms with Crippen molar-refractivity contribution in [2.45, 2.75) is 18.9 Å². The molecule has 1 N–H and O–H groups in total. The Morgan fingerprint density at radius 2 is 2.37 bits per heavy atom. The molecule has 7 nitrogen and oxygen atoms in total. The molecule has 0 saturated carbocycles. The van der Waals surface area contributed by atoms with Crippen LogP contribution in [0.5, 0.6) is 5.75 Å². The van der Waals surface area contributed by atoms with Crippen LogP contribution in [0.15, 0.2) is 40.6 Å². The maximum atomic E-state index is 13.0. The zero-order valence-corrected chi connectivity index (χ0v) is 15.6. The highest BCUT2D eigenvalue weighted by molar-refractivity contribution is 7.15. The minimum Gasteiger partial charge on any atom is -0.497 e. The number of nitrogens with zero attached hydrogens (tertiary/aromatic N) is 2. The fraction of sp³-hybridized carbons (Fsp3) is 0.316. The third-order valence-corrected chi connectivity index (χ3v) is 5.41. The van der Waals surface area contributed by atoms with Gasteiger partial charge in [-0.05, 0) is 25.0 Å². The van der Waals surface area contributed by atoms with Crippen molar-refractivity contribution in [2.75, 3.05) is 20.3 Å². The Hall–Kier alpha value is -2.71. The molecule has 27 heavy (non-hydrogen) atoms. The average Bonchev–Trinajstić information content (AvgIpc) is 3.36. The van der Waals surface area contributed by atoms with Crippen LogP contribution in [0.1, 0.15) is 23.2 Å². The summed E-state index contributed by atoms with van der Waals surface area (Å²) in [6.45, 7) is 1.11. The van der Waals surface area contributed by atoms with Crippen molar-refractivity contribution in [3.63, 3.8) is 0 Å². The molecule has 1 atom stereocenters. The van der Waals surface area contributed by atoms with Gasteiger partial charge in [-0.3, -0.25) is 14.0 Å². The lowest BCUT2D eigenvalue weighted by Crippen LogP contribution is -2.36. The van der Waals surface area contributed by atoms with E-state index < -0.39 is 5.91 Å². The zero-order valence-electron chi connectivity index (χ0n) is 14.8. The number of thiazole rings is 1. The Kier molecular flexibility index (Phi) is 4.91. The number of nitrogens with one attached hydrogen (secondary N) is 1. The van der Waals surface area contributed by atoms with E-state index in [4.69, 9.17) is 9.47 Å². The van der Waals surface area contributed by atoms with Gasteiger partial charge in [-0.25, -0.2) is 4.98 Å². The number of rotatable bonds is 5. The number of hydrogen-bond donors (Lipinski definition) is 1. The lowest BCUT2D eigenvalue weighted by molar-refractivity contribution is 0.0856. The van der Waals surface area contributed by atoms with Gasteiger partial charge in [0.15, 0.2) is 4.96 Å². The molecule has 0 aliphatic carbocycles. The van der Waals surface area contributed by atoms with Crippen LogP contribution in [-0.2, 0) is 4.74 Å². The highest BCUT2D eigenvalue weighted by Gasteiger charge is 2.20. The van der Waals surface area contributed by atoms with Gasteiger partial charge in [0.25, 0.3) is 11.5 Å². The molecule has 140 valence electrons. The van der Waals surface area contributed by atoms with Gasteiger partial charge in [0, 0.05) is 30.3 Å². The zero-order chi connectivity index (χ0) is 18.8.